The van der Waals surface area contributed by atoms with Crippen LogP contribution < -0.4 is 0 Å². The van der Waals surface area contributed by atoms with Crippen LogP contribution in [-0.4, -0.2) is 49.0 Å². The predicted molar refractivity (Wildman–Crippen MR) is 159 cm³/mol. The van der Waals surface area contributed by atoms with Gasteiger partial charge in [-0.3, -0.25) is 4.21 Å². The Morgan fingerprint density at radius 1 is 0.850 bits per heavy atom. The number of hydrogen-bond donors (Lipinski definition) is 0. The Hall–Kier alpha value is -2.17. The summed E-state index contributed by atoms with van der Waals surface area (Å²) in [7, 11) is -3.86. The molecule has 0 spiro atoms. The van der Waals surface area contributed by atoms with Crippen molar-refractivity contribution in [3.8, 4) is 0 Å². The first-order valence-corrected chi connectivity index (χ1v) is 18.0. The van der Waals surface area contributed by atoms with Gasteiger partial charge < -0.3 is 23.4 Å². The molecule has 0 aromatic heterocycles. The Labute approximate surface area is 241 Å². The quantitative estimate of drug-likeness (QED) is 0.280. The smallest absolute Gasteiger partial charge is 0.192 e. The maximum Gasteiger partial charge on any atom is 0.192 e. The Morgan fingerprint density at radius 2 is 1.45 bits per heavy atom. The van der Waals surface area contributed by atoms with Gasteiger partial charge in [-0.05, 0) is 35.8 Å². The summed E-state index contributed by atoms with van der Waals surface area (Å²) in [5.74, 6) is 0. The molecule has 0 radical (unpaired) electrons. The molecular formula is C32H40O6SSi. The largest absolute Gasteiger partial charge is 0.407 e. The van der Waals surface area contributed by atoms with Crippen molar-refractivity contribution in [1.29, 1.82) is 0 Å². The molecule has 6 nitrogen and oxygen atoms in total. The van der Waals surface area contributed by atoms with Crippen LogP contribution in [0.15, 0.2) is 95.9 Å². The van der Waals surface area contributed by atoms with E-state index in [1.807, 2.05) is 91.0 Å². The Bertz CT molecular complexity index is 1250. The lowest BCUT2D eigenvalue weighted by atomic mass is 9.98. The number of rotatable bonds is 8. The van der Waals surface area contributed by atoms with E-state index in [1.165, 1.54) is 0 Å². The number of benzene rings is 3. The number of fused-ring (bicyclic) bond motifs is 1. The van der Waals surface area contributed by atoms with Crippen LogP contribution in [0, 0.1) is 0 Å². The van der Waals surface area contributed by atoms with Crippen molar-refractivity contribution in [2.45, 2.75) is 86.5 Å². The fourth-order valence-electron chi connectivity index (χ4n) is 4.79. The second-order valence-electron chi connectivity index (χ2n) is 11.9. The molecule has 214 valence electrons. The van der Waals surface area contributed by atoms with E-state index in [2.05, 4.69) is 33.9 Å². The molecule has 3 aromatic rings. The fourth-order valence-corrected chi connectivity index (χ4v) is 7.57. The normalized spacial score (nSPS) is 28.0. The maximum absolute atomic E-state index is 14.1. The summed E-state index contributed by atoms with van der Waals surface area (Å²) in [6.07, 6.45) is -2.63. The van der Waals surface area contributed by atoms with Gasteiger partial charge in [0.2, 0.25) is 0 Å². The lowest BCUT2D eigenvalue weighted by molar-refractivity contribution is -0.324. The van der Waals surface area contributed by atoms with Crippen molar-refractivity contribution < 1.29 is 27.6 Å². The molecule has 8 heteroatoms. The van der Waals surface area contributed by atoms with Gasteiger partial charge in [-0.25, -0.2) is 0 Å². The van der Waals surface area contributed by atoms with E-state index in [9.17, 15) is 4.21 Å². The average molecular weight is 581 g/mol. The SMILES string of the molecule is CC(C)(C)[Si](C)(C)OC1[C@@H](OCc2ccccc2)[C@H]2OC(c3ccccc3)OCC2O[C@H]1S(=O)c1ccccc1. The third-order valence-corrected chi connectivity index (χ3v) is 14.1. The summed E-state index contributed by atoms with van der Waals surface area (Å²) < 4.78 is 47.2. The van der Waals surface area contributed by atoms with E-state index < -0.39 is 55.3 Å². The highest BCUT2D eigenvalue weighted by molar-refractivity contribution is 7.85. The Balaban J connectivity index is 1.53. The minimum Gasteiger partial charge on any atom is -0.407 e. The van der Waals surface area contributed by atoms with Crippen LogP contribution in [0.5, 0.6) is 0 Å². The summed E-state index contributed by atoms with van der Waals surface area (Å²) in [6, 6.07) is 29.4. The molecular weight excluding hydrogens is 540 g/mol. The Morgan fingerprint density at radius 3 is 2.08 bits per heavy atom. The standard InChI is InChI=1S/C32H40O6SSi/c1-32(2,3)40(4,5)38-29-28(34-21-23-15-9-6-10-16-23)27-26(22-35-30(37-27)24-17-11-7-12-18-24)36-31(29)39(33)25-19-13-8-14-20-25/h6-20,26-31H,21-22H2,1-5H3/t26?,27-,28-,29?,30?,31-,39?/m0/s1. The van der Waals surface area contributed by atoms with E-state index in [1.54, 1.807) is 0 Å². The predicted octanol–water partition coefficient (Wildman–Crippen LogP) is 6.61. The maximum atomic E-state index is 14.1. The van der Waals surface area contributed by atoms with Crippen molar-refractivity contribution in [3.63, 3.8) is 0 Å². The van der Waals surface area contributed by atoms with Gasteiger partial charge in [-0.15, -0.1) is 0 Å². The molecule has 3 aromatic carbocycles. The molecule has 40 heavy (non-hydrogen) atoms. The first-order valence-electron chi connectivity index (χ1n) is 13.9. The van der Waals surface area contributed by atoms with Crippen LogP contribution in [0.2, 0.25) is 18.1 Å². The van der Waals surface area contributed by atoms with Crippen molar-refractivity contribution >= 4 is 19.1 Å². The van der Waals surface area contributed by atoms with Crippen LogP contribution in [0.1, 0.15) is 38.2 Å². The van der Waals surface area contributed by atoms with Crippen LogP contribution >= 0.6 is 0 Å². The van der Waals surface area contributed by atoms with Gasteiger partial charge in [0.05, 0.1) is 24.0 Å². The number of hydrogen-bond acceptors (Lipinski definition) is 6. The molecule has 0 saturated carbocycles. The van der Waals surface area contributed by atoms with Crippen molar-refractivity contribution in [2.75, 3.05) is 6.61 Å². The highest BCUT2D eigenvalue weighted by Crippen LogP contribution is 2.43. The second-order valence-corrected chi connectivity index (χ2v) is 18.2. The van der Waals surface area contributed by atoms with E-state index in [-0.39, 0.29) is 5.04 Å². The first kappa shape index (κ1) is 29.3. The van der Waals surface area contributed by atoms with Gasteiger partial charge in [0, 0.05) is 10.5 Å². The molecule has 2 fully saturated rings. The van der Waals surface area contributed by atoms with Crippen molar-refractivity contribution in [1.82, 2.24) is 0 Å². The Kier molecular flexibility index (Phi) is 9.07. The molecule has 0 bridgehead atoms. The number of ether oxygens (including phenoxy) is 4. The zero-order valence-corrected chi connectivity index (χ0v) is 25.7. The van der Waals surface area contributed by atoms with Gasteiger partial charge in [0.25, 0.3) is 0 Å². The zero-order chi connectivity index (χ0) is 28.3. The van der Waals surface area contributed by atoms with Crippen LogP contribution in [-0.2, 0) is 40.8 Å². The molecule has 4 unspecified atom stereocenters. The van der Waals surface area contributed by atoms with Gasteiger partial charge in [0.15, 0.2) is 20.0 Å². The zero-order valence-electron chi connectivity index (χ0n) is 23.9. The van der Waals surface area contributed by atoms with Gasteiger partial charge in [-0.2, -0.15) is 0 Å². The lowest BCUT2D eigenvalue weighted by Gasteiger charge is -2.51. The summed E-state index contributed by atoms with van der Waals surface area (Å²) in [4.78, 5) is 0.691. The average Bonchev–Trinajstić information content (AvgIpc) is 2.96. The topological polar surface area (TPSA) is 63.2 Å². The summed E-state index contributed by atoms with van der Waals surface area (Å²) in [5.41, 5.74) is 1.22. The van der Waals surface area contributed by atoms with Crippen LogP contribution in [0.25, 0.3) is 0 Å². The van der Waals surface area contributed by atoms with Crippen molar-refractivity contribution in [2.24, 2.45) is 0 Å². The third kappa shape index (κ3) is 6.49. The van der Waals surface area contributed by atoms with Gasteiger partial charge in [0.1, 0.15) is 24.4 Å². The highest BCUT2D eigenvalue weighted by Gasteiger charge is 2.55. The highest BCUT2D eigenvalue weighted by atomic mass is 32.2. The fraction of sp³-hybridized carbons (Fsp3) is 0.438. The van der Waals surface area contributed by atoms with Gasteiger partial charge in [-0.1, -0.05) is 99.6 Å². The third-order valence-electron chi connectivity index (χ3n) is 8.06. The molecule has 0 N–H and O–H groups in total. The monoisotopic (exact) mass is 580 g/mol. The van der Waals surface area contributed by atoms with Crippen molar-refractivity contribution in [3.05, 3.63) is 102 Å². The van der Waals surface area contributed by atoms with Crippen LogP contribution in [0.3, 0.4) is 0 Å². The second kappa shape index (κ2) is 12.4. The van der Waals surface area contributed by atoms with E-state index in [4.69, 9.17) is 23.4 Å². The van der Waals surface area contributed by atoms with E-state index >= 15 is 0 Å². The molecule has 0 aliphatic carbocycles. The molecule has 0 amide bonds. The van der Waals surface area contributed by atoms with E-state index in [0.29, 0.717) is 18.1 Å². The first-order chi connectivity index (χ1) is 19.1. The summed E-state index contributed by atoms with van der Waals surface area (Å²) >= 11 is 0. The summed E-state index contributed by atoms with van der Waals surface area (Å²) in [6.45, 7) is 11.7. The summed E-state index contributed by atoms with van der Waals surface area (Å²) in [5, 5.41) is -0.0737. The molecule has 2 heterocycles. The molecule has 2 aliphatic rings. The molecule has 5 rings (SSSR count). The lowest BCUT2D eigenvalue weighted by Crippen LogP contribution is -2.66. The van der Waals surface area contributed by atoms with Gasteiger partial charge >= 0.3 is 0 Å². The minimum absolute atomic E-state index is 0.0737. The van der Waals surface area contributed by atoms with Crippen LogP contribution in [0.4, 0.5) is 0 Å². The molecule has 2 saturated heterocycles. The minimum atomic E-state index is -2.35. The molecule has 2 aliphatic heterocycles. The molecule has 7 atom stereocenters. The van der Waals surface area contributed by atoms with E-state index in [0.717, 1.165) is 11.1 Å².